The zero-order valence-corrected chi connectivity index (χ0v) is 17.9. The van der Waals surface area contributed by atoms with Crippen LogP contribution in [0.2, 0.25) is 0 Å². The maximum absolute atomic E-state index is 12.8. The standard InChI is InChI=1S/C25H28N2O4/c1-3-4-17-5-9-19(10-6-17)24-21-14-26(15-23(29)27(21)22(24)16-28)13-18-7-11-20(12-8-18)25(30)31-2/h3-12,21-22,24,28H,13-16H2,1-2H3/b4-3+/t21-,22-,24+/m0/s1. The van der Waals surface area contributed by atoms with Crippen LogP contribution in [0.3, 0.4) is 0 Å². The number of piperazine rings is 1. The second-order valence-electron chi connectivity index (χ2n) is 8.17. The predicted molar refractivity (Wildman–Crippen MR) is 118 cm³/mol. The van der Waals surface area contributed by atoms with Crippen molar-refractivity contribution in [3.05, 3.63) is 76.9 Å². The van der Waals surface area contributed by atoms with Crippen LogP contribution in [0.1, 0.15) is 39.9 Å². The van der Waals surface area contributed by atoms with Gasteiger partial charge in [-0.25, -0.2) is 4.79 Å². The van der Waals surface area contributed by atoms with Gasteiger partial charge in [0.2, 0.25) is 5.91 Å². The van der Waals surface area contributed by atoms with Gasteiger partial charge in [-0.2, -0.15) is 0 Å². The van der Waals surface area contributed by atoms with Crippen LogP contribution in [-0.4, -0.2) is 65.7 Å². The number of carbonyl (C=O) groups is 2. The summed E-state index contributed by atoms with van der Waals surface area (Å²) in [5, 5.41) is 9.95. The SMILES string of the molecule is C/C=C/c1ccc([C@H]2[C@H](CO)N3C(=O)CN(Cc4ccc(C(=O)OC)cc4)C[C@@H]23)cc1. The summed E-state index contributed by atoms with van der Waals surface area (Å²) in [7, 11) is 1.37. The Balaban J connectivity index is 1.48. The summed E-state index contributed by atoms with van der Waals surface area (Å²) in [6, 6.07) is 15.6. The third-order valence-electron chi connectivity index (χ3n) is 6.28. The minimum absolute atomic E-state index is 0.0293. The van der Waals surface area contributed by atoms with Crippen molar-refractivity contribution in [1.82, 2.24) is 9.80 Å². The van der Waals surface area contributed by atoms with Crippen molar-refractivity contribution in [2.24, 2.45) is 0 Å². The first-order valence-electron chi connectivity index (χ1n) is 10.6. The number of allylic oxidation sites excluding steroid dienone is 1. The largest absolute Gasteiger partial charge is 0.465 e. The van der Waals surface area contributed by atoms with Crippen molar-refractivity contribution in [2.45, 2.75) is 31.5 Å². The zero-order valence-electron chi connectivity index (χ0n) is 17.9. The highest BCUT2D eigenvalue weighted by molar-refractivity contribution is 5.89. The molecule has 6 heteroatoms. The van der Waals surface area contributed by atoms with Gasteiger partial charge in [0, 0.05) is 19.0 Å². The molecule has 6 nitrogen and oxygen atoms in total. The van der Waals surface area contributed by atoms with Crippen LogP contribution in [0.25, 0.3) is 6.08 Å². The molecule has 0 bridgehead atoms. The summed E-state index contributed by atoms with van der Waals surface area (Å²) in [5.41, 5.74) is 3.85. The second-order valence-corrected chi connectivity index (χ2v) is 8.17. The average Bonchev–Trinajstić information content (AvgIpc) is 2.77. The van der Waals surface area contributed by atoms with E-state index in [0.29, 0.717) is 18.7 Å². The van der Waals surface area contributed by atoms with Crippen LogP contribution in [0.4, 0.5) is 0 Å². The average molecular weight is 421 g/mol. The van der Waals surface area contributed by atoms with E-state index in [2.05, 4.69) is 35.2 Å². The number of ether oxygens (including phenoxy) is 1. The topological polar surface area (TPSA) is 70.1 Å². The number of esters is 1. The summed E-state index contributed by atoms with van der Waals surface area (Å²) in [5.74, 6) is -0.176. The van der Waals surface area contributed by atoms with Gasteiger partial charge < -0.3 is 14.7 Å². The molecule has 0 aliphatic carbocycles. The van der Waals surface area contributed by atoms with Gasteiger partial charge in [-0.05, 0) is 35.7 Å². The maximum Gasteiger partial charge on any atom is 0.337 e. The van der Waals surface area contributed by atoms with Gasteiger partial charge in [0.05, 0.1) is 37.9 Å². The molecule has 2 heterocycles. The molecule has 0 saturated carbocycles. The highest BCUT2D eigenvalue weighted by atomic mass is 16.5. The Bertz CT molecular complexity index is 968. The lowest BCUT2D eigenvalue weighted by atomic mass is 9.73. The molecular formula is C25H28N2O4. The van der Waals surface area contributed by atoms with E-state index in [9.17, 15) is 14.7 Å². The van der Waals surface area contributed by atoms with Crippen LogP contribution in [0, 0.1) is 0 Å². The predicted octanol–water partition coefficient (Wildman–Crippen LogP) is 2.68. The number of amides is 1. The molecule has 2 aromatic rings. The van der Waals surface area contributed by atoms with Gasteiger partial charge in [-0.15, -0.1) is 0 Å². The minimum atomic E-state index is -0.358. The van der Waals surface area contributed by atoms with E-state index in [1.807, 2.05) is 30.0 Å². The number of hydrogen-bond donors (Lipinski definition) is 1. The molecule has 4 rings (SSSR count). The molecule has 31 heavy (non-hydrogen) atoms. The normalized spacial score (nSPS) is 23.5. The Hall–Kier alpha value is -2.96. The molecule has 2 saturated heterocycles. The number of aliphatic hydroxyl groups excluding tert-OH is 1. The number of nitrogens with zero attached hydrogens (tertiary/aromatic N) is 2. The van der Waals surface area contributed by atoms with Crippen molar-refractivity contribution >= 4 is 18.0 Å². The Labute approximate surface area is 182 Å². The number of benzene rings is 2. The quantitative estimate of drug-likeness (QED) is 0.728. The molecule has 162 valence electrons. The number of carbonyl (C=O) groups excluding carboxylic acids is 2. The van der Waals surface area contributed by atoms with Gasteiger partial charge in [0.15, 0.2) is 0 Å². The summed E-state index contributed by atoms with van der Waals surface area (Å²) in [6.45, 7) is 3.68. The molecule has 0 radical (unpaired) electrons. The fourth-order valence-electron chi connectivity index (χ4n) is 4.83. The highest BCUT2D eigenvalue weighted by Gasteiger charge is 2.53. The fraction of sp³-hybridized carbons (Fsp3) is 0.360. The fourth-order valence-corrected chi connectivity index (χ4v) is 4.83. The van der Waals surface area contributed by atoms with Crippen molar-refractivity contribution in [2.75, 3.05) is 26.8 Å². The van der Waals surface area contributed by atoms with Gasteiger partial charge in [-0.3, -0.25) is 9.69 Å². The van der Waals surface area contributed by atoms with Crippen LogP contribution in [-0.2, 0) is 16.1 Å². The van der Waals surface area contributed by atoms with Gasteiger partial charge in [-0.1, -0.05) is 48.6 Å². The lowest BCUT2D eigenvalue weighted by Crippen LogP contribution is -2.72. The van der Waals surface area contributed by atoms with E-state index in [-0.39, 0.29) is 36.5 Å². The van der Waals surface area contributed by atoms with Gasteiger partial charge in [0.1, 0.15) is 0 Å². The molecule has 1 amide bonds. The molecule has 0 spiro atoms. The number of hydrogen-bond acceptors (Lipinski definition) is 5. The Morgan fingerprint density at radius 3 is 2.48 bits per heavy atom. The van der Waals surface area contributed by atoms with Crippen molar-refractivity contribution < 1.29 is 19.4 Å². The van der Waals surface area contributed by atoms with Crippen molar-refractivity contribution in [3.8, 4) is 0 Å². The lowest BCUT2D eigenvalue weighted by molar-refractivity contribution is -0.162. The Morgan fingerprint density at radius 1 is 1.16 bits per heavy atom. The molecule has 2 aromatic carbocycles. The molecule has 3 atom stereocenters. The highest BCUT2D eigenvalue weighted by Crippen LogP contribution is 2.43. The van der Waals surface area contributed by atoms with E-state index in [1.165, 1.54) is 7.11 Å². The molecule has 0 unspecified atom stereocenters. The summed E-state index contributed by atoms with van der Waals surface area (Å²) < 4.78 is 4.75. The number of aliphatic hydroxyl groups is 1. The summed E-state index contributed by atoms with van der Waals surface area (Å²) in [4.78, 5) is 28.5. The Morgan fingerprint density at radius 2 is 1.87 bits per heavy atom. The molecule has 2 aliphatic heterocycles. The van der Waals surface area contributed by atoms with E-state index < -0.39 is 0 Å². The van der Waals surface area contributed by atoms with E-state index in [0.717, 1.165) is 23.2 Å². The number of methoxy groups -OCH3 is 1. The summed E-state index contributed by atoms with van der Waals surface area (Å²) in [6.07, 6.45) is 4.06. The molecular weight excluding hydrogens is 392 g/mol. The van der Waals surface area contributed by atoms with E-state index in [1.54, 1.807) is 12.1 Å². The smallest absolute Gasteiger partial charge is 0.337 e. The first-order chi connectivity index (χ1) is 15.0. The summed E-state index contributed by atoms with van der Waals surface area (Å²) >= 11 is 0. The van der Waals surface area contributed by atoms with E-state index >= 15 is 0 Å². The third-order valence-corrected chi connectivity index (χ3v) is 6.28. The molecule has 2 aliphatic rings. The maximum atomic E-state index is 12.8. The number of rotatable bonds is 6. The van der Waals surface area contributed by atoms with Crippen LogP contribution in [0.5, 0.6) is 0 Å². The second kappa shape index (κ2) is 9.04. The van der Waals surface area contributed by atoms with E-state index in [4.69, 9.17) is 4.74 Å². The lowest BCUT2D eigenvalue weighted by Gasteiger charge is -2.59. The van der Waals surface area contributed by atoms with Crippen LogP contribution < -0.4 is 0 Å². The minimum Gasteiger partial charge on any atom is -0.465 e. The third kappa shape index (κ3) is 4.13. The first-order valence-corrected chi connectivity index (χ1v) is 10.6. The molecule has 0 aromatic heterocycles. The van der Waals surface area contributed by atoms with Crippen molar-refractivity contribution in [1.29, 1.82) is 0 Å². The zero-order chi connectivity index (χ0) is 22.0. The number of fused-ring (bicyclic) bond motifs is 1. The Kier molecular flexibility index (Phi) is 6.20. The van der Waals surface area contributed by atoms with Gasteiger partial charge in [0.25, 0.3) is 0 Å². The molecule has 2 fully saturated rings. The van der Waals surface area contributed by atoms with Crippen LogP contribution >= 0.6 is 0 Å². The van der Waals surface area contributed by atoms with Crippen LogP contribution in [0.15, 0.2) is 54.6 Å². The molecule has 1 N–H and O–H groups in total. The monoisotopic (exact) mass is 420 g/mol. The first kappa shape index (κ1) is 21.3. The van der Waals surface area contributed by atoms with Gasteiger partial charge >= 0.3 is 5.97 Å². The van der Waals surface area contributed by atoms with Crippen molar-refractivity contribution in [3.63, 3.8) is 0 Å².